The summed E-state index contributed by atoms with van der Waals surface area (Å²) in [6.45, 7) is 9.48. The van der Waals surface area contributed by atoms with E-state index < -0.39 is 0 Å². The first-order chi connectivity index (χ1) is 15.5. The molecule has 3 heterocycles. The number of nitrogens with one attached hydrogen (secondary N) is 1. The van der Waals surface area contributed by atoms with E-state index in [-0.39, 0.29) is 5.91 Å². The van der Waals surface area contributed by atoms with Gasteiger partial charge in [-0.3, -0.25) is 4.79 Å². The van der Waals surface area contributed by atoms with Gasteiger partial charge in [0.2, 0.25) is 5.91 Å². The molecule has 0 spiro atoms. The quantitative estimate of drug-likeness (QED) is 0.411. The van der Waals surface area contributed by atoms with Crippen molar-refractivity contribution in [2.45, 2.75) is 63.4 Å². The molecule has 1 N–H and O–H groups in total. The number of aryl methyl sites for hydroxylation is 1. The molecule has 0 bridgehead atoms. The van der Waals surface area contributed by atoms with E-state index in [1.54, 1.807) is 11.8 Å². The summed E-state index contributed by atoms with van der Waals surface area (Å²) >= 11 is 1.67. The Morgan fingerprint density at radius 2 is 2.00 bits per heavy atom. The van der Waals surface area contributed by atoms with Crippen LogP contribution in [0.4, 0.5) is 5.82 Å². The first-order valence-electron chi connectivity index (χ1n) is 11.5. The standard InChI is InChI=1S/C24H32N6OS/c1-17(2)32-24-27-22(29-11-5-4-6-12-29)20-16-26-30(23(20)28-24)13-10-25-21(31)15-19-9-7-8-18(3)14-19/h7-9,14,16-17H,4-6,10-13,15H2,1-3H3,(H,25,31). The molecule has 8 heteroatoms. The molecule has 0 radical (unpaired) electrons. The average Bonchev–Trinajstić information content (AvgIpc) is 3.16. The second-order valence-corrected chi connectivity index (χ2v) is 10.2. The summed E-state index contributed by atoms with van der Waals surface area (Å²) in [7, 11) is 0. The summed E-state index contributed by atoms with van der Waals surface area (Å²) in [5.74, 6) is 1.01. The lowest BCUT2D eigenvalue weighted by molar-refractivity contribution is -0.120. The Kier molecular flexibility index (Phi) is 7.29. The van der Waals surface area contributed by atoms with Crippen LogP contribution in [0.25, 0.3) is 11.0 Å². The summed E-state index contributed by atoms with van der Waals surface area (Å²) in [6, 6.07) is 8.06. The van der Waals surface area contributed by atoms with Crippen LogP contribution in [0.5, 0.6) is 0 Å². The van der Waals surface area contributed by atoms with E-state index in [2.05, 4.69) is 29.2 Å². The summed E-state index contributed by atoms with van der Waals surface area (Å²) in [5.41, 5.74) is 3.04. The first kappa shape index (κ1) is 22.6. The van der Waals surface area contributed by atoms with Crippen molar-refractivity contribution in [2.24, 2.45) is 0 Å². The molecule has 2 aromatic heterocycles. The van der Waals surface area contributed by atoms with Crippen molar-refractivity contribution >= 4 is 34.5 Å². The van der Waals surface area contributed by atoms with Crippen LogP contribution in [0.3, 0.4) is 0 Å². The van der Waals surface area contributed by atoms with E-state index >= 15 is 0 Å². The number of anilines is 1. The molecular weight excluding hydrogens is 420 g/mol. The highest BCUT2D eigenvalue weighted by molar-refractivity contribution is 7.99. The molecule has 3 aromatic rings. The van der Waals surface area contributed by atoms with Crippen LogP contribution in [0, 0.1) is 6.92 Å². The minimum atomic E-state index is 0.0201. The minimum absolute atomic E-state index is 0.0201. The fourth-order valence-corrected chi connectivity index (χ4v) is 4.77. The fourth-order valence-electron chi connectivity index (χ4n) is 4.07. The summed E-state index contributed by atoms with van der Waals surface area (Å²) < 4.78 is 1.89. The SMILES string of the molecule is Cc1cccc(CC(=O)NCCn2ncc3c(N4CCCCC4)nc(SC(C)C)nc32)c1. The van der Waals surface area contributed by atoms with Crippen LogP contribution in [-0.2, 0) is 17.8 Å². The molecule has 0 atom stereocenters. The van der Waals surface area contributed by atoms with E-state index in [0.29, 0.717) is 24.8 Å². The van der Waals surface area contributed by atoms with Gasteiger partial charge in [0, 0.05) is 24.9 Å². The molecule has 0 saturated carbocycles. The van der Waals surface area contributed by atoms with Crippen molar-refractivity contribution in [1.29, 1.82) is 0 Å². The Labute approximate surface area is 194 Å². The predicted molar refractivity (Wildman–Crippen MR) is 130 cm³/mol. The number of piperidine rings is 1. The van der Waals surface area contributed by atoms with Gasteiger partial charge in [-0.2, -0.15) is 5.10 Å². The number of aromatic nitrogens is 4. The van der Waals surface area contributed by atoms with Crippen LogP contribution < -0.4 is 10.2 Å². The largest absolute Gasteiger partial charge is 0.356 e. The van der Waals surface area contributed by atoms with Crippen LogP contribution in [0.1, 0.15) is 44.2 Å². The molecule has 0 unspecified atom stereocenters. The molecule has 0 aliphatic carbocycles. The van der Waals surface area contributed by atoms with Gasteiger partial charge in [-0.15, -0.1) is 0 Å². The van der Waals surface area contributed by atoms with Gasteiger partial charge >= 0.3 is 0 Å². The zero-order valence-electron chi connectivity index (χ0n) is 19.2. The van der Waals surface area contributed by atoms with E-state index in [1.807, 2.05) is 42.1 Å². The van der Waals surface area contributed by atoms with E-state index in [1.165, 1.54) is 19.3 Å². The van der Waals surface area contributed by atoms with Crippen LogP contribution in [0.15, 0.2) is 35.6 Å². The average molecular weight is 453 g/mol. The third-order valence-corrected chi connectivity index (χ3v) is 6.41. The van der Waals surface area contributed by atoms with Crippen molar-refractivity contribution < 1.29 is 4.79 Å². The molecule has 1 aromatic carbocycles. The maximum atomic E-state index is 12.4. The number of nitrogens with zero attached hydrogens (tertiary/aromatic N) is 5. The van der Waals surface area contributed by atoms with Gasteiger partial charge in [-0.25, -0.2) is 14.6 Å². The Hall–Kier alpha value is -2.61. The van der Waals surface area contributed by atoms with Gasteiger partial charge < -0.3 is 10.2 Å². The molecule has 1 fully saturated rings. The monoisotopic (exact) mass is 452 g/mol. The molecule has 170 valence electrons. The van der Waals surface area contributed by atoms with Crippen molar-refractivity contribution in [3.63, 3.8) is 0 Å². The highest BCUT2D eigenvalue weighted by atomic mass is 32.2. The third-order valence-electron chi connectivity index (χ3n) is 5.55. The Balaban J connectivity index is 1.48. The Morgan fingerprint density at radius 1 is 1.19 bits per heavy atom. The highest BCUT2D eigenvalue weighted by Gasteiger charge is 2.20. The van der Waals surface area contributed by atoms with E-state index in [0.717, 1.165) is 46.2 Å². The van der Waals surface area contributed by atoms with Crippen LogP contribution in [-0.4, -0.2) is 50.5 Å². The van der Waals surface area contributed by atoms with Gasteiger partial charge in [-0.05, 0) is 31.7 Å². The van der Waals surface area contributed by atoms with Crippen molar-refractivity contribution in [2.75, 3.05) is 24.5 Å². The maximum absolute atomic E-state index is 12.4. The molecule has 1 amide bonds. The predicted octanol–water partition coefficient (Wildman–Crippen LogP) is 3.98. The Morgan fingerprint density at radius 3 is 2.75 bits per heavy atom. The smallest absolute Gasteiger partial charge is 0.224 e. The lowest BCUT2D eigenvalue weighted by atomic mass is 10.1. The fraction of sp³-hybridized carbons (Fsp3) is 0.500. The summed E-state index contributed by atoms with van der Waals surface area (Å²) in [6.07, 6.45) is 5.92. The van der Waals surface area contributed by atoms with Gasteiger partial charge in [-0.1, -0.05) is 55.4 Å². The zero-order chi connectivity index (χ0) is 22.5. The van der Waals surface area contributed by atoms with Crippen molar-refractivity contribution in [1.82, 2.24) is 25.1 Å². The third kappa shape index (κ3) is 5.59. The minimum Gasteiger partial charge on any atom is -0.356 e. The number of hydrogen-bond acceptors (Lipinski definition) is 6. The molecule has 7 nitrogen and oxygen atoms in total. The molecule has 1 aliphatic rings. The summed E-state index contributed by atoms with van der Waals surface area (Å²) in [4.78, 5) is 24.5. The summed E-state index contributed by atoms with van der Waals surface area (Å²) in [5, 5.41) is 9.79. The topological polar surface area (TPSA) is 75.9 Å². The molecule has 32 heavy (non-hydrogen) atoms. The number of carbonyl (C=O) groups excluding carboxylic acids is 1. The second-order valence-electron chi connectivity index (χ2n) is 8.66. The molecule has 4 rings (SSSR count). The Bertz CT molecular complexity index is 1070. The second kappa shape index (κ2) is 10.3. The molecule has 1 saturated heterocycles. The first-order valence-corrected chi connectivity index (χ1v) is 12.3. The lowest BCUT2D eigenvalue weighted by Gasteiger charge is -2.28. The van der Waals surface area contributed by atoms with Crippen LogP contribution in [0.2, 0.25) is 0 Å². The van der Waals surface area contributed by atoms with Gasteiger partial charge in [0.1, 0.15) is 5.82 Å². The van der Waals surface area contributed by atoms with Crippen molar-refractivity contribution in [3.05, 3.63) is 41.6 Å². The van der Waals surface area contributed by atoms with E-state index in [9.17, 15) is 4.79 Å². The number of fused-ring (bicyclic) bond motifs is 1. The van der Waals surface area contributed by atoms with Gasteiger partial charge in [0.25, 0.3) is 0 Å². The number of rotatable bonds is 8. The highest BCUT2D eigenvalue weighted by Crippen LogP contribution is 2.30. The van der Waals surface area contributed by atoms with Gasteiger partial charge in [0.05, 0.1) is 24.5 Å². The normalized spacial score (nSPS) is 14.3. The molecule has 1 aliphatic heterocycles. The number of thioether (sulfide) groups is 1. The van der Waals surface area contributed by atoms with Crippen molar-refractivity contribution in [3.8, 4) is 0 Å². The van der Waals surface area contributed by atoms with Gasteiger partial charge in [0.15, 0.2) is 10.8 Å². The molecular formula is C24H32N6OS. The number of carbonyl (C=O) groups is 1. The number of hydrogen-bond donors (Lipinski definition) is 1. The van der Waals surface area contributed by atoms with E-state index in [4.69, 9.17) is 9.97 Å². The zero-order valence-corrected chi connectivity index (χ0v) is 20.0. The maximum Gasteiger partial charge on any atom is 0.224 e. The number of amides is 1. The lowest BCUT2D eigenvalue weighted by Crippen LogP contribution is -2.30. The number of benzene rings is 1. The van der Waals surface area contributed by atoms with Crippen LogP contribution >= 0.6 is 11.8 Å².